The van der Waals surface area contributed by atoms with Crippen LogP contribution in [0, 0.1) is 0 Å². The van der Waals surface area contributed by atoms with Crippen LogP contribution in [0.1, 0.15) is 26.3 Å². The molecule has 1 aromatic carbocycles. The summed E-state index contributed by atoms with van der Waals surface area (Å²) < 4.78 is 33.5. The van der Waals surface area contributed by atoms with E-state index in [0.29, 0.717) is 18.0 Å². The van der Waals surface area contributed by atoms with Crippen molar-refractivity contribution in [3.05, 3.63) is 29.8 Å². The highest BCUT2D eigenvalue weighted by molar-refractivity contribution is 9.08. The molecule has 0 N–H and O–H groups in total. The van der Waals surface area contributed by atoms with E-state index in [4.69, 9.17) is 4.43 Å². The van der Waals surface area contributed by atoms with Crippen LogP contribution >= 0.6 is 15.9 Å². The summed E-state index contributed by atoms with van der Waals surface area (Å²) in [5.74, 6) is 0. The van der Waals surface area contributed by atoms with Crippen molar-refractivity contribution in [3.63, 3.8) is 0 Å². The fourth-order valence-electron chi connectivity index (χ4n) is 2.74. The van der Waals surface area contributed by atoms with Gasteiger partial charge < -0.3 is 4.43 Å². The first-order valence-corrected chi connectivity index (χ1v) is 15.0. The van der Waals surface area contributed by atoms with E-state index in [-0.39, 0.29) is 5.04 Å². The Morgan fingerprint density at radius 2 is 1.63 bits per heavy atom. The van der Waals surface area contributed by atoms with Gasteiger partial charge in [0.1, 0.15) is 0 Å². The third kappa shape index (κ3) is 5.87. The number of nitrogens with zero attached hydrogens (tertiary/aromatic N) is 2. The number of sulfonamides is 1. The van der Waals surface area contributed by atoms with E-state index in [1.54, 1.807) is 16.4 Å². The third-order valence-corrected chi connectivity index (χ3v) is 12.8. The van der Waals surface area contributed by atoms with Gasteiger partial charge in [0.25, 0.3) is 0 Å². The number of hydrogen-bond donors (Lipinski definition) is 0. The van der Waals surface area contributed by atoms with Crippen LogP contribution in [0.3, 0.4) is 0 Å². The van der Waals surface area contributed by atoms with Crippen LogP contribution in [0.2, 0.25) is 18.1 Å². The summed E-state index contributed by atoms with van der Waals surface area (Å²) in [4.78, 5) is 2.68. The van der Waals surface area contributed by atoms with Crippen molar-refractivity contribution in [1.82, 2.24) is 9.21 Å². The molecular formula is C19H33BrN2O3SSi. The zero-order valence-electron chi connectivity index (χ0n) is 17.2. The van der Waals surface area contributed by atoms with Crippen molar-refractivity contribution < 1.29 is 12.8 Å². The van der Waals surface area contributed by atoms with Crippen LogP contribution in [-0.2, 0) is 19.8 Å². The molecule has 8 heteroatoms. The summed E-state index contributed by atoms with van der Waals surface area (Å²) in [6, 6.07) is 7.11. The second-order valence-electron chi connectivity index (χ2n) is 8.63. The first-order valence-electron chi connectivity index (χ1n) is 9.49. The van der Waals surface area contributed by atoms with Crippen molar-refractivity contribution in [2.75, 3.05) is 39.3 Å². The Labute approximate surface area is 174 Å². The molecular weight excluding hydrogens is 444 g/mol. The van der Waals surface area contributed by atoms with Crippen LogP contribution in [0.5, 0.6) is 0 Å². The van der Waals surface area contributed by atoms with E-state index < -0.39 is 18.3 Å². The predicted molar refractivity (Wildman–Crippen MR) is 117 cm³/mol. The Bertz CT molecular complexity index is 709. The molecule has 1 fully saturated rings. The van der Waals surface area contributed by atoms with E-state index >= 15 is 0 Å². The SMILES string of the molecule is CC(C)(C)[Si](C)(C)OCCN1CCN(S(=O)(=O)c2ccc(CBr)cc2)CC1. The monoisotopic (exact) mass is 476 g/mol. The molecule has 1 aliphatic rings. The molecule has 0 unspecified atom stereocenters. The summed E-state index contributed by atoms with van der Waals surface area (Å²) >= 11 is 3.39. The standard InChI is InChI=1S/C19H33BrN2O3SSi/c1-19(2,3)27(4,5)25-15-14-21-10-12-22(13-11-21)26(23,24)18-8-6-17(16-20)7-9-18/h6-9H,10-16H2,1-5H3. The Balaban J connectivity index is 1.85. The van der Waals surface area contributed by atoms with E-state index in [0.717, 1.165) is 37.1 Å². The lowest BCUT2D eigenvalue weighted by Gasteiger charge is -2.38. The maximum absolute atomic E-state index is 12.8. The van der Waals surface area contributed by atoms with Gasteiger partial charge in [-0.1, -0.05) is 48.8 Å². The molecule has 0 aromatic heterocycles. The Morgan fingerprint density at radius 3 is 2.11 bits per heavy atom. The van der Waals surface area contributed by atoms with Crippen LogP contribution in [0.25, 0.3) is 0 Å². The highest BCUT2D eigenvalue weighted by Crippen LogP contribution is 2.36. The lowest BCUT2D eigenvalue weighted by atomic mass is 10.2. The minimum absolute atomic E-state index is 0.212. The number of hydrogen-bond acceptors (Lipinski definition) is 4. The second kappa shape index (κ2) is 9.05. The Hall–Kier alpha value is -0.253. The van der Waals surface area contributed by atoms with Gasteiger partial charge in [0.2, 0.25) is 10.0 Å². The largest absolute Gasteiger partial charge is 0.416 e. The Kier molecular flexibility index (Phi) is 7.72. The fraction of sp³-hybridized carbons (Fsp3) is 0.684. The van der Waals surface area contributed by atoms with Crippen LogP contribution < -0.4 is 0 Å². The average Bonchev–Trinajstić information content (AvgIpc) is 2.61. The minimum Gasteiger partial charge on any atom is -0.416 e. The molecule has 154 valence electrons. The predicted octanol–water partition coefficient (Wildman–Crippen LogP) is 3.91. The lowest BCUT2D eigenvalue weighted by molar-refractivity contribution is 0.153. The molecule has 2 rings (SSSR count). The van der Waals surface area contributed by atoms with E-state index in [1.807, 2.05) is 12.1 Å². The highest BCUT2D eigenvalue weighted by atomic mass is 79.9. The quantitative estimate of drug-likeness (QED) is 0.442. The highest BCUT2D eigenvalue weighted by Gasteiger charge is 2.37. The molecule has 0 amide bonds. The lowest BCUT2D eigenvalue weighted by Crippen LogP contribution is -2.50. The molecule has 1 aromatic rings. The molecule has 0 bridgehead atoms. The normalized spacial score (nSPS) is 18.0. The molecule has 5 nitrogen and oxygen atoms in total. The third-order valence-electron chi connectivity index (χ3n) is 5.72. The van der Waals surface area contributed by atoms with E-state index in [9.17, 15) is 8.42 Å². The van der Waals surface area contributed by atoms with Crippen molar-refractivity contribution in [2.24, 2.45) is 0 Å². The molecule has 1 aliphatic heterocycles. The van der Waals surface area contributed by atoms with Gasteiger partial charge in [0.05, 0.1) is 4.90 Å². The first kappa shape index (κ1) is 23.0. The van der Waals surface area contributed by atoms with Gasteiger partial charge in [0, 0.05) is 44.7 Å². The van der Waals surface area contributed by atoms with Crippen LogP contribution in [0.4, 0.5) is 0 Å². The molecule has 0 radical (unpaired) electrons. The summed E-state index contributed by atoms with van der Waals surface area (Å²) in [6.07, 6.45) is 0. The van der Waals surface area contributed by atoms with Crippen LogP contribution in [0.15, 0.2) is 29.2 Å². The number of piperazine rings is 1. The smallest absolute Gasteiger partial charge is 0.243 e. The molecule has 0 atom stereocenters. The van der Waals surface area contributed by atoms with E-state index in [1.165, 1.54) is 0 Å². The maximum Gasteiger partial charge on any atom is 0.243 e. The fourth-order valence-corrected chi connectivity index (χ4v) is 5.57. The van der Waals surface area contributed by atoms with Gasteiger partial charge in [-0.15, -0.1) is 0 Å². The number of halogens is 1. The topological polar surface area (TPSA) is 49.9 Å². The maximum atomic E-state index is 12.8. The Morgan fingerprint density at radius 1 is 1.07 bits per heavy atom. The second-order valence-corrected chi connectivity index (χ2v) is 15.9. The van der Waals surface area contributed by atoms with Crippen LogP contribution in [-0.4, -0.2) is 65.3 Å². The molecule has 0 spiro atoms. The van der Waals surface area contributed by atoms with Gasteiger partial charge in [-0.05, 0) is 35.8 Å². The molecule has 27 heavy (non-hydrogen) atoms. The summed E-state index contributed by atoms with van der Waals surface area (Å²) in [7, 11) is -5.13. The van der Waals surface area contributed by atoms with Gasteiger partial charge in [-0.25, -0.2) is 8.42 Å². The van der Waals surface area contributed by atoms with Crippen molar-refractivity contribution in [1.29, 1.82) is 0 Å². The zero-order valence-corrected chi connectivity index (χ0v) is 20.6. The van der Waals surface area contributed by atoms with Gasteiger partial charge in [-0.3, -0.25) is 4.90 Å². The summed E-state index contributed by atoms with van der Waals surface area (Å²) in [5, 5.41) is 0.938. The van der Waals surface area contributed by atoms with Gasteiger partial charge >= 0.3 is 0 Å². The molecule has 0 aliphatic carbocycles. The number of alkyl halides is 1. The number of benzene rings is 1. The summed E-state index contributed by atoms with van der Waals surface area (Å²) in [6.45, 7) is 15.4. The van der Waals surface area contributed by atoms with Gasteiger partial charge in [-0.2, -0.15) is 4.31 Å². The molecule has 1 heterocycles. The molecule has 1 saturated heterocycles. The van der Waals surface area contributed by atoms with Gasteiger partial charge in [0.15, 0.2) is 8.32 Å². The van der Waals surface area contributed by atoms with Crippen molar-refractivity contribution in [2.45, 2.75) is 49.1 Å². The van der Waals surface area contributed by atoms with E-state index in [2.05, 4.69) is 54.7 Å². The zero-order chi connectivity index (χ0) is 20.3. The van der Waals surface area contributed by atoms with Crippen molar-refractivity contribution >= 4 is 34.3 Å². The average molecular weight is 478 g/mol. The van der Waals surface area contributed by atoms with Crippen molar-refractivity contribution in [3.8, 4) is 0 Å². The summed E-state index contributed by atoms with van der Waals surface area (Å²) in [5.41, 5.74) is 1.07. The molecule has 0 saturated carbocycles. The minimum atomic E-state index is -3.41. The number of rotatable bonds is 7. The first-order chi connectivity index (χ1) is 12.5.